The molecule has 0 atom stereocenters. The first kappa shape index (κ1) is 14.2. The van der Waals surface area contributed by atoms with Gasteiger partial charge in [-0.2, -0.15) is 0 Å². The second-order valence-corrected chi connectivity index (χ2v) is 7.15. The molecule has 3 aliphatic heterocycles. The molecule has 0 amide bonds. The Morgan fingerprint density at radius 2 is 2.05 bits per heavy atom. The third kappa shape index (κ3) is 2.24. The summed E-state index contributed by atoms with van der Waals surface area (Å²) in [5.74, 6) is 0. The molecule has 0 aliphatic carbocycles. The lowest BCUT2D eigenvalue weighted by Crippen LogP contribution is -2.37. The summed E-state index contributed by atoms with van der Waals surface area (Å²) in [5.41, 5.74) is 0.640. The molecule has 3 fully saturated rings. The minimum Gasteiger partial charge on any atom is -0.344 e. The van der Waals surface area contributed by atoms with E-state index in [1.807, 2.05) is 0 Å². The van der Waals surface area contributed by atoms with Crippen LogP contribution in [0.2, 0.25) is 5.02 Å². The molecular formula is C14H15ClN4O2S. The molecule has 3 saturated heterocycles. The fourth-order valence-electron chi connectivity index (χ4n) is 3.37. The number of piperidine rings is 1. The van der Waals surface area contributed by atoms with Gasteiger partial charge in [0.25, 0.3) is 0 Å². The van der Waals surface area contributed by atoms with Crippen molar-refractivity contribution >= 4 is 44.0 Å². The van der Waals surface area contributed by atoms with Gasteiger partial charge >= 0.3 is 5.69 Å². The van der Waals surface area contributed by atoms with Crippen molar-refractivity contribution in [1.82, 2.24) is 9.88 Å². The van der Waals surface area contributed by atoms with Crippen LogP contribution in [0.4, 0.5) is 10.8 Å². The van der Waals surface area contributed by atoms with Gasteiger partial charge in [-0.15, -0.1) is 0 Å². The highest BCUT2D eigenvalue weighted by Gasteiger charge is 2.31. The average Bonchev–Trinajstić information content (AvgIpc) is 2.69. The summed E-state index contributed by atoms with van der Waals surface area (Å²) >= 11 is 7.39. The molecule has 0 saturated carbocycles. The zero-order chi connectivity index (χ0) is 15.3. The molecule has 0 unspecified atom stereocenters. The van der Waals surface area contributed by atoms with E-state index in [2.05, 4.69) is 14.8 Å². The van der Waals surface area contributed by atoms with Crippen molar-refractivity contribution in [3.63, 3.8) is 0 Å². The lowest BCUT2D eigenvalue weighted by atomic mass is 10.1. The summed E-state index contributed by atoms with van der Waals surface area (Å²) in [6.45, 7) is 4.25. The first-order chi connectivity index (χ1) is 10.6. The quantitative estimate of drug-likeness (QED) is 0.621. The second-order valence-electron chi connectivity index (χ2n) is 5.76. The van der Waals surface area contributed by atoms with Crippen molar-refractivity contribution in [3.8, 4) is 0 Å². The number of fused-ring (bicyclic) bond motifs is 5. The van der Waals surface area contributed by atoms with Gasteiger partial charge < -0.3 is 9.80 Å². The molecule has 116 valence electrons. The fourth-order valence-corrected chi connectivity index (χ4v) is 4.84. The van der Waals surface area contributed by atoms with Gasteiger partial charge in [0.1, 0.15) is 9.72 Å². The number of rotatable bonds is 2. The van der Waals surface area contributed by atoms with Gasteiger partial charge in [0.05, 0.1) is 10.4 Å². The number of hydrogen-bond acceptors (Lipinski definition) is 6. The van der Waals surface area contributed by atoms with Crippen LogP contribution in [-0.2, 0) is 0 Å². The molecule has 8 heteroatoms. The number of nitrogens with zero attached hydrogens (tertiary/aromatic N) is 4. The number of nitro groups is 1. The minimum absolute atomic E-state index is 0.0224. The zero-order valence-corrected chi connectivity index (χ0v) is 13.4. The number of anilines is 1. The number of hydrogen-bond donors (Lipinski definition) is 0. The maximum Gasteiger partial charge on any atom is 0.307 e. The molecule has 3 aliphatic rings. The highest BCUT2D eigenvalue weighted by Crippen LogP contribution is 2.40. The van der Waals surface area contributed by atoms with Gasteiger partial charge in [0.2, 0.25) is 0 Å². The van der Waals surface area contributed by atoms with E-state index in [4.69, 9.17) is 11.6 Å². The van der Waals surface area contributed by atoms with Gasteiger partial charge in [0.15, 0.2) is 5.13 Å². The average molecular weight is 339 g/mol. The van der Waals surface area contributed by atoms with E-state index in [0.717, 1.165) is 44.2 Å². The van der Waals surface area contributed by atoms with Crippen molar-refractivity contribution in [2.45, 2.75) is 18.9 Å². The van der Waals surface area contributed by atoms with E-state index < -0.39 is 4.92 Å². The van der Waals surface area contributed by atoms with E-state index in [1.165, 1.54) is 11.3 Å². The molecule has 0 radical (unpaired) electrons. The number of aromatic nitrogens is 1. The molecule has 4 heterocycles. The topological polar surface area (TPSA) is 62.5 Å². The summed E-state index contributed by atoms with van der Waals surface area (Å²) < 4.78 is 0.576. The molecule has 0 spiro atoms. The molecule has 0 N–H and O–H groups in total. The van der Waals surface area contributed by atoms with Gasteiger partial charge in [-0.05, 0) is 25.0 Å². The molecule has 1 aromatic heterocycles. The van der Waals surface area contributed by atoms with Crippen LogP contribution in [0.3, 0.4) is 0 Å². The molecule has 5 rings (SSSR count). The SMILES string of the molecule is O=[N+]([O-])c1c(Cl)ccc2nc(N3CCN4CCC3CC4)sc12. The Hall–Kier alpha value is -1.44. The number of halogens is 1. The van der Waals surface area contributed by atoms with Gasteiger partial charge in [-0.3, -0.25) is 10.1 Å². The van der Waals surface area contributed by atoms with Crippen LogP contribution < -0.4 is 4.90 Å². The largest absolute Gasteiger partial charge is 0.344 e. The summed E-state index contributed by atoms with van der Waals surface area (Å²) in [5, 5.41) is 12.3. The Morgan fingerprint density at radius 3 is 2.77 bits per heavy atom. The monoisotopic (exact) mass is 338 g/mol. The lowest BCUT2D eigenvalue weighted by Gasteiger charge is -2.31. The Balaban J connectivity index is 1.79. The van der Waals surface area contributed by atoms with Crippen LogP contribution in [0.25, 0.3) is 10.2 Å². The van der Waals surface area contributed by atoms with Gasteiger partial charge in [0, 0.05) is 32.2 Å². The Morgan fingerprint density at radius 1 is 1.27 bits per heavy atom. The highest BCUT2D eigenvalue weighted by atomic mass is 35.5. The first-order valence-corrected chi connectivity index (χ1v) is 8.55. The maximum absolute atomic E-state index is 11.3. The van der Waals surface area contributed by atoms with Gasteiger partial charge in [-0.25, -0.2) is 4.98 Å². The van der Waals surface area contributed by atoms with Crippen LogP contribution in [0.15, 0.2) is 12.1 Å². The smallest absolute Gasteiger partial charge is 0.307 e. The van der Waals surface area contributed by atoms with E-state index >= 15 is 0 Å². The second kappa shape index (κ2) is 5.33. The lowest BCUT2D eigenvalue weighted by molar-refractivity contribution is -0.382. The van der Waals surface area contributed by atoms with E-state index in [-0.39, 0.29) is 10.7 Å². The van der Waals surface area contributed by atoms with Crippen LogP contribution in [-0.4, -0.2) is 47.0 Å². The molecule has 22 heavy (non-hydrogen) atoms. The van der Waals surface area contributed by atoms with Crippen molar-refractivity contribution in [1.29, 1.82) is 0 Å². The van der Waals surface area contributed by atoms with Crippen LogP contribution in [0.5, 0.6) is 0 Å². The summed E-state index contributed by atoms with van der Waals surface area (Å²) in [6.07, 6.45) is 2.28. The Bertz CT molecular complexity index is 742. The van der Waals surface area contributed by atoms with Gasteiger partial charge in [-0.1, -0.05) is 22.9 Å². The molecular weight excluding hydrogens is 324 g/mol. The molecule has 1 aromatic carbocycles. The molecule has 2 aromatic rings. The standard InChI is InChI=1S/C14H15ClN4O2S/c15-10-1-2-11-13(12(10)19(20)21)22-14(16-11)18-8-7-17-5-3-9(18)4-6-17/h1-2,9H,3-8H2. The fraction of sp³-hybridized carbons (Fsp3) is 0.500. The number of nitro benzene ring substituents is 1. The summed E-state index contributed by atoms with van der Waals surface area (Å²) in [7, 11) is 0. The number of benzene rings is 1. The summed E-state index contributed by atoms with van der Waals surface area (Å²) in [6, 6.07) is 3.82. The third-order valence-electron chi connectivity index (χ3n) is 4.55. The van der Waals surface area contributed by atoms with E-state index in [1.54, 1.807) is 12.1 Å². The van der Waals surface area contributed by atoms with Crippen molar-refractivity contribution < 1.29 is 4.92 Å². The minimum atomic E-state index is -0.410. The zero-order valence-electron chi connectivity index (χ0n) is 11.9. The van der Waals surface area contributed by atoms with Crippen molar-refractivity contribution in [2.24, 2.45) is 0 Å². The predicted octanol–water partition coefficient (Wildman–Crippen LogP) is 3.14. The van der Waals surface area contributed by atoms with Crippen molar-refractivity contribution in [3.05, 3.63) is 27.3 Å². The Kier molecular flexibility index (Phi) is 3.43. The van der Waals surface area contributed by atoms with E-state index in [0.29, 0.717) is 16.3 Å². The molecule has 2 bridgehead atoms. The number of thiazole rings is 1. The van der Waals surface area contributed by atoms with Crippen molar-refractivity contribution in [2.75, 3.05) is 31.1 Å². The summed E-state index contributed by atoms with van der Waals surface area (Å²) in [4.78, 5) is 20.3. The van der Waals surface area contributed by atoms with Crippen LogP contribution in [0.1, 0.15) is 12.8 Å². The van der Waals surface area contributed by atoms with Crippen LogP contribution >= 0.6 is 22.9 Å². The van der Waals surface area contributed by atoms with E-state index in [9.17, 15) is 10.1 Å². The maximum atomic E-state index is 11.3. The predicted molar refractivity (Wildman–Crippen MR) is 88.1 cm³/mol. The normalized spacial score (nSPS) is 24.7. The van der Waals surface area contributed by atoms with Crippen LogP contribution in [0, 0.1) is 10.1 Å². The first-order valence-electron chi connectivity index (χ1n) is 7.36. The molecule has 6 nitrogen and oxygen atoms in total. The highest BCUT2D eigenvalue weighted by molar-refractivity contribution is 7.22. The Labute approximate surface area is 136 Å². The third-order valence-corrected chi connectivity index (χ3v) is 5.97.